The zero-order valence-electron chi connectivity index (χ0n) is 22.3. The average molecular weight is 540 g/mol. The van der Waals surface area contributed by atoms with E-state index in [0.717, 1.165) is 0 Å². The molecule has 202 valence electrons. The van der Waals surface area contributed by atoms with Crippen LogP contribution in [0, 0.1) is 17.2 Å². The van der Waals surface area contributed by atoms with Gasteiger partial charge in [0.1, 0.15) is 12.4 Å². The van der Waals surface area contributed by atoms with Gasteiger partial charge < -0.3 is 19.1 Å². The molecule has 38 heavy (non-hydrogen) atoms. The Bertz CT molecular complexity index is 1260. The van der Waals surface area contributed by atoms with E-state index in [9.17, 15) is 4.79 Å². The van der Waals surface area contributed by atoms with E-state index in [2.05, 4.69) is 65.6 Å². The molecule has 1 aliphatic rings. The van der Waals surface area contributed by atoms with Crippen molar-refractivity contribution in [3.63, 3.8) is 0 Å². The predicted octanol–water partition coefficient (Wildman–Crippen LogP) is 4.90. The third-order valence-corrected chi connectivity index (χ3v) is 8.27. The van der Waals surface area contributed by atoms with E-state index >= 15 is 0 Å². The number of ether oxygens (including phenoxy) is 1. The summed E-state index contributed by atoms with van der Waals surface area (Å²) < 4.78 is 23.0. The zero-order chi connectivity index (χ0) is 27.2. The molecule has 1 amide bonds. The van der Waals surface area contributed by atoms with Crippen LogP contribution in [0.1, 0.15) is 57.6 Å². The second-order valence-corrected chi connectivity index (χ2v) is 11.1. The number of nitrogens with one attached hydrogen (secondary N) is 1. The fraction of sp³-hybridized carbons (Fsp3) is 0.500. The first-order valence-electron chi connectivity index (χ1n) is 12.7. The summed E-state index contributed by atoms with van der Waals surface area (Å²) in [5.74, 6) is 0.107. The van der Waals surface area contributed by atoms with E-state index in [1.165, 1.54) is 6.33 Å². The first-order valence-corrected chi connectivity index (χ1v) is 13.8. The van der Waals surface area contributed by atoms with E-state index in [4.69, 9.17) is 19.0 Å². The fourth-order valence-corrected chi connectivity index (χ4v) is 6.24. The molecule has 0 radical (unpaired) electrons. The SMILES string of the molecule is CC(C)N(C(C)C)P(OCCC#N)OC1[C@H](C)CO[C@H]1n1cnc2c(NC(=O)c3ccccc3)ncnc21. The van der Waals surface area contributed by atoms with Crippen LogP contribution in [0.5, 0.6) is 0 Å². The topological polar surface area (TPSA) is 127 Å². The molecule has 2 aromatic heterocycles. The second-order valence-electron chi connectivity index (χ2n) is 9.68. The van der Waals surface area contributed by atoms with E-state index in [1.807, 2.05) is 10.6 Å². The minimum atomic E-state index is -1.46. The van der Waals surface area contributed by atoms with Gasteiger partial charge in [-0.15, -0.1) is 0 Å². The van der Waals surface area contributed by atoms with Gasteiger partial charge in [0.25, 0.3) is 14.4 Å². The molecule has 1 aliphatic heterocycles. The number of aromatic nitrogens is 4. The number of amides is 1. The summed E-state index contributed by atoms with van der Waals surface area (Å²) in [6.07, 6.45) is 2.46. The van der Waals surface area contributed by atoms with Crippen molar-refractivity contribution >= 4 is 31.4 Å². The van der Waals surface area contributed by atoms with Gasteiger partial charge in [-0.2, -0.15) is 5.26 Å². The molecular formula is C26H34N7O4P. The average Bonchev–Trinajstić information content (AvgIpc) is 3.48. The van der Waals surface area contributed by atoms with Gasteiger partial charge in [0.2, 0.25) is 0 Å². The summed E-state index contributed by atoms with van der Waals surface area (Å²) in [7, 11) is -1.46. The Morgan fingerprint density at radius 2 is 1.97 bits per heavy atom. The molecule has 0 spiro atoms. The van der Waals surface area contributed by atoms with Crippen LogP contribution < -0.4 is 5.32 Å². The van der Waals surface area contributed by atoms with E-state index in [0.29, 0.717) is 29.2 Å². The van der Waals surface area contributed by atoms with Gasteiger partial charge in [-0.1, -0.05) is 25.1 Å². The molecule has 1 fully saturated rings. The summed E-state index contributed by atoms with van der Waals surface area (Å²) in [5, 5.41) is 11.9. The highest BCUT2D eigenvalue weighted by atomic mass is 31.2. The quantitative estimate of drug-likeness (QED) is 0.267. The Balaban J connectivity index is 1.60. The summed E-state index contributed by atoms with van der Waals surface area (Å²) >= 11 is 0. The number of nitriles is 1. The van der Waals surface area contributed by atoms with Crippen molar-refractivity contribution in [3.05, 3.63) is 48.5 Å². The number of carbonyl (C=O) groups excluding carboxylic acids is 1. The molecular weight excluding hydrogens is 505 g/mol. The Morgan fingerprint density at radius 3 is 2.66 bits per heavy atom. The summed E-state index contributed by atoms with van der Waals surface area (Å²) in [6.45, 7) is 11.3. The lowest BCUT2D eigenvalue weighted by atomic mass is 10.1. The first-order chi connectivity index (χ1) is 18.3. The lowest BCUT2D eigenvalue weighted by molar-refractivity contribution is -0.00452. The molecule has 1 saturated heterocycles. The number of anilines is 1. The highest BCUT2D eigenvalue weighted by Crippen LogP contribution is 2.51. The smallest absolute Gasteiger partial charge is 0.259 e. The maximum absolute atomic E-state index is 12.7. The van der Waals surface area contributed by atoms with Crippen LogP contribution in [-0.4, -0.2) is 61.5 Å². The summed E-state index contributed by atoms with van der Waals surface area (Å²) in [4.78, 5) is 26.0. The third kappa shape index (κ3) is 6.17. The molecule has 4 rings (SSSR count). The molecule has 3 heterocycles. The van der Waals surface area contributed by atoms with Crippen LogP contribution in [0.25, 0.3) is 11.2 Å². The molecule has 0 aliphatic carbocycles. The fourth-order valence-electron chi connectivity index (χ4n) is 4.41. The minimum absolute atomic E-state index is 0.0716. The number of hydrogen-bond acceptors (Lipinski definition) is 9. The monoisotopic (exact) mass is 539 g/mol. The van der Waals surface area contributed by atoms with Gasteiger partial charge in [0, 0.05) is 23.6 Å². The Morgan fingerprint density at radius 1 is 1.24 bits per heavy atom. The van der Waals surface area contributed by atoms with E-state index in [-0.39, 0.29) is 43.0 Å². The number of hydrogen-bond donors (Lipinski definition) is 1. The number of fused-ring (bicyclic) bond motifs is 1. The lowest BCUT2D eigenvalue weighted by Gasteiger charge is -2.38. The van der Waals surface area contributed by atoms with Crippen molar-refractivity contribution in [2.24, 2.45) is 5.92 Å². The summed E-state index contributed by atoms with van der Waals surface area (Å²) in [5.41, 5.74) is 1.50. The molecule has 0 bridgehead atoms. The minimum Gasteiger partial charge on any atom is -0.355 e. The third-order valence-electron chi connectivity index (χ3n) is 6.15. The van der Waals surface area contributed by atoms with Crippen LogP contribution in [0.2, 0.25) is 0 Å². The Hall–Kier alpha value is -3.00. The van der Waals surface area contributed by atoms with Gasteiger partial charge in [-0.3, -0.25) is 9.36 Å². The van der Waals surface area contributed by atoms with Crippen molar-refractivity contribution < 1.29 is 18.6 Å². The number of rotatable bonds is 11. The van der Waals surface area contributed by atoms with Crippen molar-refractivity contribution in [3.8, 4) is 6.07 Å². The van der Waals surface area contributed by atoms with Crippen molar-refractivity contribution in [2.75, 3.05) is 18.5 Å². The van der Waals surface area contributed by atoms with E-state index < -0.39 is 14.8 Å². The maximum atomic E-state index is 12.7. The lowest BCUT2D eigenvalue weighted by Crippen LogP contribution is -2.36. The van der Waals surface area contributed by atoms with Gasteiger partial charge in [0.15, 0.2) is 23.2 Å². The molecule has 1 aromatic carbocycles. The first kappa shape index (κ1) is 28.0. The molecule has 12 heteroatoms. The number of carbonyl (C=O) groups is 1. The molecule has 4 atom stereocenters. The van der Waals surface area contributed by atoms with Gasteiger partial charge in [0.05, 0.1) is 32.0 Å². The molecule has 1 N–H and O–H groups in total. The molecule has 2 unspecified atom stereocenters. The van der Waals surface area contributed by atoms with Crippen LogP contribution >= 0.6 is 8.53 Å². The van der Waals surface area contributed by atoms with Gasteiger partial charge >= 0.3 is 0 Å². The van der Waals surface area contributed by atoms with Crippen LogP contribution in [-0.2, 0) is 13.8 Å². The number of benzene rings is 1. The van der Waals surface area contributed by atoms with Crippen molar-refractivity contribution in [1.82, 2.24) is 24.2 Å². The standard InChI is InChI=1S/C26H34N7O4P/c1-17(2)33(18(3)4)38(36-13-9-12-27)37-22-19(5)14-35-26(22)32-16-30-21-23(28-15-29-24(21)32)31-25(34)20-10-7-6-8-11-20/h6-8,10-11,15-19,22,26H,9,13-14H2,1-5H3,(H,28,29,31,34)/t19-,22?,26-,38?/m1/s1. The normalized spacial score (nSPS) is 20.3. The van der Waals surface area contributed by atoms with Crippen LogP contribution in [0.15, 0.2) is 43.0 Å². The highest BCUT2D eigenvalue weighted by molar-refractivity contribution is 7.44. The second kappa shape index (κ2) is 12.7. The Kier molecular flexibility index (Phi) is 9.36. The number of nitrogens with zero attached hydrogens (tertiary/aromatic N) is 6. The van der Waals surface area contributed by atoms with Crippen LogP contribution in [0.3, 0.4) is 0 Å². The van der Waals surface area contributed by atoms with E-state index in [1.54, 1.807) is 30.6 Å². The van der Waals surface area contributed by atoms with Gasteiger partial charge in [-0.25, -0.2) is 19.6 Å². The molecule has 11 nitrogen and oxygen atoms in total. The summed E-state index contributed by atoms with van der Waals surface area (Å²) in [6, 6.07) is 11.4. The maximum Gasteiger partial charge on any atom is 0.259 e. The molecule has 0 saturated carbocycles. The van der Waals surface area contributed by atoms with Gasteiger partial charge in [-0.05, 0) is 39.8 Å². The molecule has 3 aromatic rings. The van der Waals surface area contributed by atoms with Crippen LogP contribution in [0.4, 0.5) is 5.82 Å². The highest BCUT2D eigenvalue weighted by Gasteiger charge is 2.42. The zero-order valence-corrected chi connectivity index (χ0v) is 23.2. The number of imidazole rings is 1. The predicted molar refractivity (Wildman–Crippen MR) is 144 cm³/mol. The largest absolute Gasteiger partial charge is 0.355 e. The Labute approximate surface area is 224 Å². The van der Waals surface area contributed by atoms with Crippen molar-refractivity contribution in [2.45, 2.75) is 65.5 Å². The van der Waals surface area contributed by atoms with Crippen molar-refractivity contribution in [1.29, 1.82) is 5.26 Å².